The van der Waals surface area contributed by atoms with Crippen molar-refractivity contribution < 1.29 is 4.74 Å². The largest absolute Gasteiger partial charge is 0.381 e. The van der Waals surface area contributed by atoms with Crippen molar-refractivity contribution in [1.29, 1.82) is 0 Å². The van der Waals surface area contributed by atoms with E-state index in [0.717, 1.165) is 66.3 Å². The minimum Gasteiger partial charge on any atom is -0.381 e. The molecule has 1 fully saturated rings. The lowest BCUT2D eigenvalue weighted by Gasteiger charge is -2.21. The Hall–Kier alpha value is -2.47. The van der Waals surface area contributed by atoms with Crippen LogP contribution in [-0.4, -0.2) is 33.0 Å². The van der Waals surface area contributed by atoms with Crippen molar-refractivity contribution in [3.63, 3.8) is 0 Å². The number of rotatable bonds is 4. The van der Waals surface area contributed by atoms with Crippen LogP contribution in [0.4, 0.5) is 0 Å². The van der Waals surface area contributed by atoms with Crippen molar-refractivity contribution in [2.75, 3.05) is 13.2 Å². The maximum Gasteiger partial charge on any atom is 0.178 e. The van der Waals surface area contributed by atoms with Crippen LogP contribution >= 0.6 is 23.2 Å². The fourth-order valence-electron chi connectivity index (χ4n) is 3.91. The first-order valence-corrected chi connectivity index (χ1v) is 11.8. The van der Waals surface area contributed by atoms with Crippen molar-refractivity contribution in [3.05, 3.63) is 70.5 Å². The lowest BCUT2D eigenvalue weighted by atomic mass is 9.96. The van der Waals surface area contributed by atoms with E-state index >= 15 is 0 Å². The maximum atomic E-state index is 6.55. The van der Waals surface area contributed by atoms with Crippen molar-refractivity contribution >= 4 is 28.8 Å². The van der Waals surface area contributed by atoms with Gasteiger partial charge in [-0.05, 0) is 48.6 Å². The second kappa shape index (κ2) is 10.4. The van der Waals surface area contributed by atoms with Crippen molar-refractivity contribution in [1.82, 2.24) is 19.8 Å². The monoisotopic (exact) mass is 468 g/mol. The van der Waals surface area contributed by atoms with Crippen LogP contribution in [0.1, 0.15) is 32.5 Å². The molecule has 166 valence electrons. The average molecular weight is 469 g/mol. The molecule has 0 unspecified atom stereocenters. The Morgan fingerprint density at radius 3 is 2.38 bits per heavy atom. The SMILES string of the molecule is CC.Clc1ccc(-c2cc3nnc(CC4CCOCC4)n3nc2-c2ccccc2Cl)cc1. The van der Waals surface area contributed by atoms with Crippen LogP contribution in [0.15, 0.2) is 54.6 Å². The minimum atomic E-state index is 0.535. The van der Waals surface area contributed by atoms with Gasteiger partial charge in [-0.3, -0.25) is 0 Å². The molecule has 1 aliphatic heterocycles. The molecule has 1 saturated heterocycles. The summed E-state index contributed by atoms with van der Waals surface area (Å²) in [6.07, 6.45) is 2.91. The molecule has 0 atom stereocenters. The molecule has 0 amide bonds. The van der Waals surface area contributed by atoms with Gasteiger partial charge in [0.15, 0.2) is 11.5 Å². The van der Waals surface area contributed by atoms with Gasteiger partial charge in [0.25, 0.3) is 0 Å². The third-order valence-electron chi connectivity index (χ3n) is 5.55. The van der Waals surface area contributed by atoms with E-state index in [1.54, 1.807) is 0 Å². The Morgan fingerprint density at radius 1 is 0.938 bits per heavy atom. The minimum absolute atomic E-state index is 0.535. The molecule has 4 aromatic rings. The van der Waals surface area contributed by atoms with Gasteiger partial charge in [0, 0.05) is 35.8 Å². The van der Waals surface area contributed by atoms with Gasteiger partial charge in [0.05, 0.1) is 5.02 Å². The van der Waals surface area contributed by atoms with E-state index in [4.69, 9.17) is 33.0 Å². The van der Waals surface area contributed by atoms with Gasteiger partial charge in [0.2, 0.25) is 0 Å². The summed E-state index contributed by atoms with van der Waals surface area (Å²) in [5.41, 5.74) is 4.33. The molecule has 0 aliphatic carbocycles. The predicted octanol–water partition coefficient (Wildman–Crippen LogP) is 6.76. The number of aromatic nitrogens is 4. The number of hydrogen-bond acceptors (Lipinski definition) is 4. The smallest absolute Gasteiger partial charge is 0.178 e. The fraction of sp³-hybridized carbons (Fsp3) is 0.320. The van der Waals surface area contributed by atoms with Crippen LogP contribution in [0.3, 0.4) is 0 Å². The summed E-state index contributed by atoms with van der Waals surface area (Å²) in [7, 11) is 0. The maximum absolute atomic E-state index is 6.55. The molecule has 2 aromatic carbocycles. The van der Waals surface area contributed by atoms with E-state index in [1.165, 1.54) is 0 Å². The molecule has 0 saturated carbocycles. The lowest BCUT2D eigenvalue weighted by molar-refractivity contribution is 0.0658. The molecule has 0 bridgehead atoms. The Balaban J connectivity index is 0.00000119. The van der Waals surface area contributed by atoms with Crippen LogP contribution in [0.5, 0.6) is 0 Å². The summed E-state index contributed by atoms with van der Waals surface area (Å²) in [5.74, 6) is 1.40. The summed E-state index contributed by atoms with van der Waals surface area (Å²) in [6.45, 7) is 5.61. The molecule has 3 heterocycles. The van der Waals surface area contributed by atoms with E-state index in [0.29, 0.717) is 16.0 Å². The second-order valence-electron chi connectivity index (χ2n) is 7.54. The molecular weight excluding hydrogens is 443 g/mol. The Labute approximate surface area is 198 Å². The summed E-state index contributed by atoms with van der Waals surface area (Å²) >= 11 is 12.6. The molecular formula is C25H26Cl2N4O. The van der Waals surface area contributed by atoms with Gasteiger partial charge in [-0.15, -0.1) is 10.2 Å². The molecule has 0 radical (unpaired) electrons. The average Bonchev–Trinajstić information content (AvgIpc) is 3.23. The predicted molar refractivity (Wildman–Crippen MR) is 130 cm³/mol. The first kappa shape index (κ1) is 22.7. The van der Waals surface area contributed by atoms with Gasteiger partial charge >= 0.3 is 0 Å². The van der Waals surface area contributed by atoms with Crippen LogP contribution < -0.4 is 0 Å². The van der Waals surface area contributed by atoms with Crippen molar-refractivity contribution in [2.45, 2.75) is 33.1 Å². The Bertz CT molecular complexity index is 1180. The third kappa shape index (κ3) is 4.80. The van der Waals surface area contributed by atoms with E-state index < -0.39 is 0 Å². The van der Waals surface area contributed by atoms with E-state index in [-0.39, 0.29) is 0 Å². The first-order chi connectivity index (χ1) is 15.7. The molecule has 0 N–H and O–H groups in total. The molecule has 5 rings (SSSR count). The molecule has 0 spiro atoms. The number of fused-ring (bicyclic) bond motifs is 1. The van der Waals surface area contributed by atoms with E-state index in [9.17, 15) is 0 Å². The number of benzene rings is 2. The Morgan fingerprint density at radius 2 is 1.66 bits per heavy atom. The molecule has 7 heteroatoms. The van der Waals surface area contributed by atoms with E-state index in [1.807, 2.05) is 73.0 Å². The zero-order valence-corrected chi connectivity index (χ0v) is 19.8. The van der Waals surface area contributed by atoms with E-state index in [2.05, 4.69) is 10.2 Å². The molecule has 32 heavy (non-hydrogen) atoms. The Kier molecular flexibility index (Phi) is 7.40. The highest BCUT2D eigenvalue weighted by Crippen LogP contribution is 2.35. The highest BCUT2D eigenvalue weighted by molar-refractivity contribution is 6.33. The van der Waals surface area contributed by atoms with Crippen molar-refractivity contribution in [2.24, 2.45) is 5.92 Å². The third-order valence-corrected chi connectivity index (χ3v) is 6.14. The standard InChI is InChI=1S/C23H20Cl2N4O.C2H6/c24-17-7-5-16(6-8-17)19-14-22-27-26-21(13-15-9-11-30-12-10-15)29(22)28-23(19)18-3-1-2-4-20(18)25;1-2/h1-8,14-15H,9-13H2;1-2H3. The normalized spacial score (nSPS) is 14.2. The number of nitrogens with zero attached hydrogens (tertiary/aromatic N) is 4. The van der Waals surface area contributed by atoms with Crippen LogP contribution in [-0.2, 0) is 11.2 Å². The summed E-state index contributed by atoms with van der Waals surface area (Å²) in [5, 5.41) is 15.2. The van der Waals surface area contributed by atoms with Gasteiger partial charge in [0.1, 0.15) is 5.69 Å². The zero-order chi connectivity index (χ0) is 22.5. The second-order valence-corrected chi connectivity index (χ2v) is 8.38. The van der Waals surface area contributed by atoms with Gasteiger partial charge in [-0.25, -0.2) is 0 Å². The fourth-order valence-corrected chi connectivity index (χ4v) is 4.27. The number of ether oxygens (including phenoxy) is 1. The molecule has 5 nitrogen and oxygen atoms in total. The first-order valence-electron chi connectivity index (χ1n) is 11.0. The van der Waals surface area contributed by atoms with Crippen molar-refractivity contribution in [3.8, 4) is 22.4 Å². The van der Waals surface area contributed by atoms with Gasteiger partial charge in [-0.1, -0.05) is 67.4 Å². The summed E-state index contributed by atoms with van der Waals surface area (Å²) < 4.78 is 7.34. The molecule has 1 aliphatic rings. The van der Waals surface area contributed by atoms with Gasteiger partial charge in [-0.2, -0.15) is 9.61 Å². The highest BCUT2D eigenvalue weighted by atomic mass is 35.5. The topological polar surface area (TPSA) is 52.3 Å². The molecule has 2 aromatic heterocycles. The zero-order valence-electron chi connectivity index (χ0n) is 18.3. The number of hydrogen-bond donors (Lipinski definition) is 0. The lowest BCUT2D eigenvalue weighted by Crippen LogP contribution is -2.19. The highest BCUT2D eigenvalue weighted by Gasteiger charge is 2.20. The quantitative estimate of drug-likeness (QED) is 0.331. The summed E-state index contributed by atoms with van der Waals surface area (Å²) in [6, 6.07) is 17.5. The van der Waals surface area contributed by atoms with Crippen LogP contribution in [0, 0.1) is 5.92 Å². The number of halogens is 2. The summed E-state index contributed by atoms with van der Waals surface area (Å²) in [4.78, 5) is 0. The van der Waals surface area contributed by atoms with Crippen LogP contribution in [0.25, 0.3) is 28.0 Å². The van der Waals surface area contributed by atoms with Gasteiger partial charge < -0.3 is 4.74 Å². The van der Waals surface area contributed by atoms with Crippen LogP contribution in [0.2, 0.25) is 10.0 Å².